The number of fused-ring (bicyclic) bond motifs is 1. The van der Waals surface area contributed by atoms with Crippen molar-refractivity contribution in [2.24, 2.45) is 0 Å². The third-order valence-electron chi connectivity index (χ3n) is 5.18. The monoisotopic (exact) mass is 464 g/mol. The molecule has 2 unspecified atom stereocenters. The zero-order valence-electron chi connectivity index (χ0n) is 20.5. The molecule has 1 fully saturated rings. The number of carbonyl (C=O) groups excluding carboxylic acids is 4. The van der Waals surface area contributed by atoms with Crippen LogP contribution in [0.5, 0.6) is 0 Å². The van der Waals surface area contributed by atoms with Crippen molar-refractivity contribution >= 4 is 35.1 Å². The Morgan fingerprint density at radius 2 is 1.97 bits per heavy atom. The van der Waals surface area contributed by atoms with Gasteiger partial charge >= 0.3 is 5.92 Å². The van der Waals surface area contributed by atoms with E-state index >= 15 is 0 Å². The van der Waals surface area contributed by atoms with Crippen molar-refractivity contribution in [2.75, 3.05) is 0 Å². The molecule has 4 rings (SSSR count). The number of alkyl halides is 2. The zero-order valence-corrected chi connectivity index (χ0v) is 17.2. The average Bonchev–Trinajstić information content (AvgIpc) is 3.13. The predicted octanol–water partition coefficient (Wildman–Crippen LogP) is 3.39. The van der Waals surface area contributed by atoms with Crippen LogP contribution < -0.4 is 5.32 Å². The van der Waals surface area contributed by atoms with Crippen molar-refractivity contribution in [3.05, 3.63) is 69.7 Å². The van der Waals surface area contributed by atoms with Gasteiger partial charge in [0.2, 0.25) is 17.6 Å². The van der Waals surface area contributed by atoms with Crippen LogP contribution >= 0.6 is 11.6 Å². The highest BCUT2D eigenvalue weighted by Crippen LogP contribution is 2.32. The van der Waals surface area contributed by atoms with Gasteiger partial charge in [0.15, 0.2) is 0 Å². The lowest BCUT2D eigenvalue weighted by atomic mass is 9.97. The Morgan fingerprint density at radius 1 is 1.25 bits per heavy atom. The van der Waals surface area contributed by atoms with Gasteiger partial charge in [-0.3, -0.25) is 24.5 Å². The number of piperidine rings is 1. The van der Waals surface area contributed by atoms with Crippen LogP contribution in [0.2, 0.25) is 5.02 Å². The fraction of sp³-hybridized carbons (Fsp3) is 0.304. The van der Waals surface area contributed by atoms with Gasteiger partial charge in [-0.15, -0.1) is 0 Å². The van der Waals surface area contributed by atoms with E-state index in [2.05, 4.69) is 0 Å². The topological polar surface area (TPSA) is 83.6 Å². The number of nitrogens with zero attached hydrogens (tertiary/aromatic N) is 1. The number of amides is 3. The summed E-state index contributed by atoms with van der Waals surface area (Å²) in [6.45, 7) is -0.340. The Morgan fingerprint density at radius 3 is 2.66 bits per heavy atom. The molecule has 1 N–H and O–H groups in total. The first-order valence-electron chi connectivity index (χ1n) is 11.6. The molecule has 0 aliphatic carbocycles. The second-order valence-corrected chi connectivity index (χ2v) is 7.73. The fourth-order valence-electron chi connectivity index (χ4n) is 3.50. The number of ketones is 1. The first kappa shape index (κ1) is 17.4. The van der Waals surface area contributed by atoms with Crippen molar-refractivity contribution in [2.45, 2.75) is 44.1 Å². The van der Waals surface area contributed by atoms with Crippen molar-refractivity contribution in [3.63, 3.8) is 0 Å². The second-order valence-electron chi connectivity index (χ2n) is 7.29. The Kier molecular flexibility index (Phi) is 4.59. The van der Waals surface area contributed by atoms with Crippen molar-refractivity contribution in [1.82, 2.24) is 10.2 Å². The van der Waals surface area contributed by atoms with E-state index in [-0.39, 0.29) is 28.3 Å². The van der Waals surface area contributed by atoms with Gasteiger partial charge in [-0.25, -0.2) is 0 Å². The van der Waals surface area contributed by atoms with Crippen molar-refractivity contribution in [3.8, 4) is 0 Å². The molecule has 2 aromatic rings. The molecule has 2 atom stereocenters. The van der Waals surface area contributed by atoms with E-state index < -0.39 is 66.6 Å². The molecule has 0 saturated carbocycles. The van der Waals surface area contributed by atoms with Crippen molar-refractivity contribution < 1.29 is 33.4 Å². The number of aryl methyl sites for hydroxylation is 1. The van der Waals surface area contributed by atoms with Gasteiger partial charge in [0.25, 0.3) is 5.91 Å². The summed E-state index contributed by atoms with van der Waals surface area (Å²) in [6.07, 6.45) is -5.71. The number of rotatable bonds is 6. The van der Waals surface area contributed by atoms with Crippen LogP contribution in [-0.2, 0) is 33.2 Å². The minimum Gasteiger partial charge on any atom is -0.322 e. The average molecular weight is 465 g/mol. The predicted molar refractivity (Wildman–Crippen MR) is 111 cm³/mol. The maximum absolute atomic E-state index is 14.7. The summed E-state index contributed by atoms with van der Waals surface area (Å²) in [7, 11) is 0. The molecular weight excluding hydrogens is 442 g/mol. The third-order valence-corrected chi connectivity index (χ3v) is 5.43. The molecule has 1 saturated heterocycles. The van der Waals surface area contributed by atoms with Crippen LogP contribution in [0.25, 0.3) is 0 Å². The number of hydrogen-bond donors (Lipinski definition) is 1. The summed E-state index contributed by atoms with van der Waals surface area (Å²) < 4.78 is 62.5. The zero-order chi connectivity index (χ0) is 26.6. The highest BCUT2D eigenvalue weighted by Gasteiger charge is 2.41. The molecule has 2 aliphatic heterocycles. The molecule has 0 bridgehead atoms. The Bertz CT molecular complexity index is 1290. The number of Topliss-reactive ketones (excluding diaryl/α,β-unsaturated/α-hetero) is 1. The normalized spacial score (nSPS) is 25.4. The highest BCUT2D eigenvalue weighted by molar-refractivity contribution is 6.30. The standard InChI is InChI=1S/C23H19ClF2N2O4/c24-16-5-3-15(4-6-16)23(25,26)19(29)9-2-13-1-7-17-14(11-13)12-28(22(17)32)18-8-10-20(30)27-21(18)31/h1,3-7,11,18H,2,8-10,12H2,(H,27,30,31)/i2D2,8D,18D. The lowest BCUT2D eigenvalue weighted by molar-refractivity contribution is -0.144. The molecule has 166 valence electrons. The fourth-order valence-corrected chi connectivity index (χ4v) is 3.62. The number of imide groups is 1. The number of hydrogen-bond acceptors (Lipinski definition) is 4. The first-order valence-corrected chi connectivity index (χ1v) is 9.95. The Hall–Kier alpha value is -3.13. The minimum absolute atomic E-state index is 0.0379. The lowest BCUT2D eigenvalue weighted by Crippen LogP contribution is -2.52. The minimum atomic E-state index is -3.96. The summed E-state index contributed by atoms with van der Waals surface area (Å²) in [5, 5.41) is 2.15. The maximum Gasteiger partial charge on any atom is 0.330 e. The van der Waals surface area contributed by atoms with E-state index in [4.69, 9.17) is 17.1 Å². The van der Waals surface area contributed by atoms with Crippen molar-refractivity contribution in [1.29, 1.82) is 0 Å². The van der Waals surface area contributed by atoms with E-state index in [1.165, 1.54) is 30.3 Å². The van der Waals surface area contributed by atoms with E-state index in [0.29, 0.717) is 0 Å². The highest BCUT2D eigenvalue weighted by atomic mass is 35.5. The Balaban J connectivity index is 1.58. The Labute approximate surface area is 193 Å². The van der Waals surface area contributed by atoms with E-state index in [0.717, 1.165) is 17.0 Å². The molecule has 2 aromatic carbocycles. The third kappa shape index (κ3) is 4.14. The molecule has 0 aromatic heterocycles. The van der Waals surface area contributed by atoms with Crippen LogP contribution in [0.1, 0.15) is 51.8 Å². The van der Waals surface area contributed by atoms with Gasteiger partial charge in [0.05, 0.1) is 1.37 Å². The molecule has 0 spiro atoms. The van der Waals surface area contributed by atoms with Crippen LogP contribution in [-0.4, -0.2) is 34.4 Å². The first-order chi connectivity index (χ1) is 16.7. The molecule has 0 radical (unpaired) electrons. The summed E-state index contributed by atoms with van der Waals surface area (Å²) >= 11 is 5.70. The number of carbonyl (C=O) groups is 4. The van der Waals surface area contributed by atoms with Crippen LogP contribution in [0.15, 0.2) is 42.5 Å². The number of halogens is 3. The quantitative estimate of drug-likeness (QED) is 0.664. The largest absolute Gasteiger partial charge is 0.330 e. The molecular formula is C23H19ClF2N2O4. The van der Waals surface area contributed by atoms with Gasteiger partial charge in [0, 0.05) is 39.6 Å². The summed E-state index contributed by atoms with van der Waals surface area (Å²) in [5.74, 6) is -8.24. The van der Waals surface area contributed by atoms with E-state index in [1.54, 1.807) is 0 Å². The van der Waals surface area contributed by atoms with Crippen LogP contribution in [0.3, 0.4) is 0 Å². The SMILES string of the molecule is [2H]C1CC(=O)NC(=O)C1([2H])N1Cc2cc(C([2H])([2H])CC(=O)C(F)(F)c3ccc(Cl)cc3)ccc2C1=O. The number of benzene rings is 2. The van der Waals surface area contributed by atoms with Gasteiger partial charge in [-0.05, 0) is 42.1 Å². The molecule has 3 amide bonds. The molecule has 2 heterocycles. The van der Waals surface area contributed by atoms with Crippen LogP contribution in [0, 0.1) is 0 Å². The smallest absolute Gasteiger partial charge is 0.322 e. The molecule has 2 aliphatic rings. The van der Waals surface area contributed by atoms with Crippen LogP contribution in [0.4, 0.5) is 8.78 Å². The number of nitrogens with one attached hydrogen (secondary N) is 1. The van der Waals surface area contributed by atoms with Gasteiger partial charge in [-0.1, -0.05) is 35.9 Å². The summed E-state index contributed by atoms with van der Waals surface area (Å²) in [4.78, 5) is 50.1. The molecule has 9 heteroatoms. The summed E-state index contributed by atoms with van der Waals surface area (Å²) in [5.41, 5.74) is -0.545. The molecule has 6 nitrogen and oxygen atoms in total. The maximum atomic E-state index is 14.7. The lowest BCUT2D eigenvalue weighted by Gasteiger charge is -2.29. The van der Waals surface area contributed by atoms with Gasteiger partial charge < -0.3 is 4.90 Å². The van der Waals surface area contributed by atoms with E-state index in [1.807, 2.05) is 5.32 Å². The summed E-state index contributed by atoms with van der Waals surface area (Å²) in [6, 6.07) is 5.58. The molecule has 32 heavy (non-hydrogen) atoms. The second kappa shape index (κ2) is 8.43. The van der Waals surface area contributed by atoms with Gasteiger partial charge in [0.1, 0.15) is 6.02 Å². The van der Waals surface area contributed by atoms with Gasteiger partial charge in [-0.2, -0.15) is 8.78 Å². The van der Waals surface area contributed by atoms with E-state index in [9.17, 15) is 28.0 Å².